The Hall–Kier alpha value is -2.05. The molecule has 4 rings (SSSR count). The zero-order valence-electron chi connectivity index (χ0n) is 14.8. The van der Waals surface area contributed by atoms with E-state index in [1.54, 1.807) is 13.2 Å². The van der Waals surface area contributed by atoms with Crippen LogP contribution in [-0.4, -0.2) is 28.2 Å². The monoisotopic (exact) mass is 373 g/mol. The number of aryl methyl sites for hydroxylation is 2. The fourth-order valence-electron chi connectivity index (χ4n) is 3.74. The van der Waals surface area contributed by atoms with Crippen LogP contribution in [0.1, 0.15) is 29.5 Å². The second-order valence-corrected chi connectivity index (χ2v) is 8.66. The van der Waals surface area contributed by atoms with Crippen molar-refractivity contribution in [1.82, 2.24) is 4.72 Å². The molecule has 2 aromatic carbocycles. The van der Waals surface area contributed by atoms with Crippen LogP contribution in [0.4, 0.5) is 0 Å². The van der Waals surface area contributed by atoms with E-state index in [-0.39, 0.29) is 6.04 Å². The number of nitrogens with one attached hydrogen (secondary N) is 1. The van der Waals surface area contributed by atoms with Crippen molar-refractivity contribution in [2.75, 3.05) is 13.7 Å². The predicted octanol–water partition coefficient (Wildman–Crippen LogP) is 2.86. The first kappa shape index (κ1) is 17.4. The minimum atomic E-state index is -3.57. The number of rotatable bonds is 4. The minimum Gasteiger partial charge on any atom is -0.497 e. The zero-order valence-corrected chi connectivity index (χ0v) is 15.6. The van der Waals surface area contributed by atoms with Crippen LogP contribution in [-0.2, 0) is 29.3 Å². The molecule has 0 spiro atoms. The number of hydrogen-bond donors (Lipinski definition) is 1. The van der Waals surface area contributed by atoms with Crippen molar-refractivity contribution in [2.45, 2.75) is 43.0 Å². The molecule has 1 aliphatic heterocycles. The third-order valence-corrected chi connectivity index (χ3v) is 6.64. The summed E-state index contributed by atoms with van der Waals surface area (Å²) >= 11 is 0. The third-order valence-electron chi connectivity index (χ3n) is 5.13. The molecule has 1 aliphatic carbocycles. The van der Waals surface area contributed by atoms with Crippen LogP contribution in [0.15, 0.2) is 41.3 Å². The van der Waals surface area contributed by atoms with Crippen molar-refractivity contribution in [1.29, 1.82) is 0 Å². The van der Waals surface area contributed by atoms with Gasteiger partial charge in [0, 0.05) is 0 Å². The molecule has 26 heavy (non-hydrogen) atoms. The maximum absolute atomic E-state index is 12.8. The van der Waals surface area contributed by atoms with Gasteiger partial charge in [0.25, 0.3) is 0 Å². The van der Waals surface area contributed by atoms with Crippen molar-refractivity contribution in [3.8, 4) is 11.5 Å². The second kappa shape index (κ2) is 6.93. The lowest BCUT2D eigenvalue weighted by Crippen LogP contribution is -2.42. The SMILES string of the molecule is COc1ccc2c(c1)C[C@@H](NS(=O)(=O)c1ccc3c(c1)CCCC3)CO2. The first-order valence-corrected chi connectivity index (χ1v) is 10.5. The molecule has 138 valence electrons. The fourth-order valence-corrected chi connectivity index (χ4v) is 5.01. The fraction of sp³-hybridized carbons (Fsp3) is 0.400. The molecule has 0 saturated heterocycles. The molecule has 2 aliphatic rings. The maximum Gasteiger partial charge on any atom is 0.240 e. The smallest absolute Gasteiger partial charge is 0.240 e. The van der Waals surface area contributed by atoms with E-state index in [0.29, 0.717) is 17.9 Å². The number of hydrogen-bond acceptors (Lipinski definition) is 4. The topological polar surface area (TPSA) is 64.6 Å². The lowest BCUT2D eigenvalue weighted by atomic mass is 9.92. The Morgan fingerprint density at radius 3 is 2.65 bits per heavy atom. The Morgan fingerprint density at radius 2 is 1.85 bits per heavy atom. The Kier molecular flexibility index (Phi) is 4.63. The normalized spacial score (nSPS) is 19.2. The summed E-state index contributed by atoms with van der Waals surface area (Å²) in [5, 5.41) is 0. The maximum atomic E-state index is 12.8. The van der Waals surface area contributed by atoms with Gasteiger partial charge in [-0.15, -0.1) is 0 Å². The molecule has 2 aromatic rings. The quantitative estimate of drug-likeness (QED) is 0.895. The van der Waals surface area contributed by atoms with Crippen molar-refractivity contribution < 1.29 is 17.9 Å². The summed E-state index contributed by atoms with van der Waals surface area (Å²) in [5.41, 5.74) is 3.39. The van der Waals surface area contributed by atoms with Gasteiger partial charge in [-0.3, -0.25) is 0 Å². The van der Waals surface area contributed by atoms with Gasteiger partial charge in [0.1, 0.15) is 18.1 Å². The van der Waals surface area contributed by atoms with Crippen molar-refractivity contribution >= 4 is 10.0 Å². The van der Waals surface area contributed by atoms with Gasteiger partial charge in [0.05, 0.1) is 18.0 Å². The van der Waals surface area contributed by atoms with Crippen molar-refractivity contribution in [3.63, 3.8) is 0 Å². The van der Waals surface area contributed by atoms with E-state index in [1.807, 2.05) is 30.3 Å². The van der Waals surface area contributed by atoms with E-state index in [2.05, 4.69) is 4.72 Å². The van der Waals surface area contributed by atoms with E-state index in [0.717, 1.165) is 41.9 Å². The number of methoxy groups -OCH3 is 1. The van der Waals surface area contributed by atoms with E-state index >= 15 is 0 Å². The highest BCUT2D eigenvalue weighted by Crippen LogP contribution is 2.29. The van der Waals surface area contributed by atoms with Crippen LogP contribution in [0.2, 0.25) is 0 Å². The molecule has 0 saturated carbocycles. The van der Waals surface area contributed by atoms with Gasteiger partial charge in [0.15, 0.2) is 0 Å². The highest BCUT2D eigenvalue weighted by atomic mass is 32.2. The lowest BCUT2D eigenvalue weighted by molar-refractivity contribution is 0.253. The summed E-state index contributed by atoms with van der Waals surface area (Å²) in [7, 11) is -1.96. The summed E-state index contributed by atoms with van der Waals surface area (Å²) in [4.78, 5) is 0.342. The molecule has 1 N–H and O–H groups in total. The van der Waals surface area contributed by atoms with Gasteiger partial charge >= 0.3 is 0 Å². The minimum absolute atomic E-state index is 0.296. The first-order chi connectivity index (χ1) is 12.5. The average Bonchev–Trinajstić information content (AvgIpc) is 2.66. The molecular weight excluding hydrogens is 350 g/mol. The molecule has 0 bridgehead atoms. The lowest BCUT2D eigenvalue weighted by Gasteiger charge is -2.26. The van der Waals surface area contributed by atoms with Crippen LogP contribution in [0.3, 0.4) is 0 Å². The van der Waals surface area contributed by atoms with Gasteiger partial charge in [-0.1, -0.05) is 6.07 Å². The molecule has 0 unspecified atom stereocenters. The van der Waals surface area contributed by atoms with E-state index < -0.39 is 10.0 Å². The Labute approximate surface area is 154 Å². The summed E-state index contributed by atoms with van der Waals surface area (Å²) < 4.78 is 39.4. The van der Waals surface area contributed by atoms with Crippen molar-refractivity contribution in [2.24, 2.45) is 0 Å². The van der Waals surface area contributed by atoms with Gasteiger partial charge in [-0.05, 0) is 79.1 Å². The number of benzene rings is 2. The number of fused-ring (bicyclic) bond motifs is 2. The highest BCUT2D eigenvalue weighted by molar-refractivity contribution is 7.89. The Bertz CT molecular complexity index is 923. The van der Waals surface area contributed by atoms with Crippen LogP contribution in [0.25, 0.3) is 0 Å². The van der Waals surface area contributed by atoms with E-state index in [4.69, 9.17) is 9.47 Å². The number of sulfonamides is 1. The number of ether oxygens (including phenoxy) is 2. The third kappa shape index (κ3) is 3.44. The van der Waals surface area contributed by atoms with E-state index in [1.165, 1.54) is 12.0 Å². The summed E-state index contributed by atoms with van der Waals surface area (Å²) in [6.07, 6.45) is 4.88. The molecular formula is C20H23NO4S. The van der Waals surface area contributed by atoms with E-state index in [9.17, 15) is 8.42 Å². The van der Waals surface area contributed by atoms with Gasteiger partial charge < -0.3 is 9.47 Å². The van der Waals surface area contributed by atoms with Gasteiger partial charge in [-0.2, -0.15) is 0 Å². The average molecular weight is 373 g/mol. The Morgan fingerprint density at radius 1 is 1.04 bits per heavy atom. The Balaban J connectivity index is 1.53. The molecule has 1 heterocycles. The van der Waals surface area contributed by atoms with Gasteiger partial charge in [0.2, 0.25) is 10.0 Å². The van der Waals surface area contributed by atoms with Crippen molar-refractivity contribution in [3.05, 3.63) is 53.1 Å². The first-order valence-electron chi connectivity index (χ1n) is 8.99. The second-order valence-electron chi connectivity index (χ2n) is 6.94. The predicted molar refractivity (Wildman–Crippen MR) is 99.4 cm³/mol. The molecule has 6 heteroatoms. The molecule has 0 fully saturated rings. The largest absolute Gasteiger partial charge is 0.497 e. The highest BCUT2D eigenvalue weighted by Gasteiger charge is 2.26. The van der Waals surface area contributed by atoms with Crippen LogP contribution in [0, 0.1) is 0 Å². The summed E-state index contributed by atoms with van der Waals surface area (Å²) in [6.45, 7) is 0.323. The van der Waals surface area contributed by atoms with Crippen LogP contribution < -0.4 is 14.2 Å². The summed E-state index contributed by atoms with van der Waals surface area (Å²) in [6, 6.07) is 10.8. The molecule has 0 aromatic heterocycles. The molecule has 1 atom stereocenters. The van der Waals surface area contributed by atoms with Crippen LogP contribution in [0.5, 0.6) is 11.5 Å². The van der Waals surface area contributed by atoms with Crippen LogP contribution >= 0.6 is 0 Å². The molecule has 5 nitrogen and oxygen atoms in total. The zero-order chi connectivity index (χ0) is 18.1. The summed E-state index contributed by atoms with van der Waals surface area (Å²) in [5.74, 6) is 1.53. The molecule has 0 amide bonds. The van der Waals surface area contributed by atoms with Gasteiger partial charge in [-0.25, -0.2) is 13.1 Å². The standard InChI is InChI=1S/C20H23NO4S/c1-24-18-7-9-20-16(11-18)10-17(13-25-20)21-26(22,23)19-8-6-14-4-2-3-5-15(14)12-19/h6-9,11-12,17,21H,2-5,10,13H2,1H3/t17-/m1/s1. The molecule has 0 radical (unpaired) electrons.